The number of aliphatic carboxylic acids is 1. The smallest absolute Gasteiger partial charge is 0.303 e. The number of fused-ring (bicyclic) bond motifs is 1. The van der Waals surface area contributed by atoms with Crippen LogP contribution in [0.4, 0.5) is 0 Å². The molecule has 0 amide bonds. The van der Waals surface area contributed by atoms with Gasteiger partial charge in [-0.25, -0.2) is 13.1 Å². The first kappa shape index (κ1) is 20.6. The normalized spacial score (nSPS) is 16.8. The standard InChI is InChI=1S/C22H27NO4S/c1-22(2,3)19-6-4-5-7-20(19)28(26,27)23-18-13-16-10-8-15(9-11-21(24)25)12-17(16)14-18/h4-8,10,12,18,23H,9,11,13-14H2,1-3H3,(H,24,25). The summed E-state index contributed by atoms with van der Waals surface area (Å²) in [5.74, 6) is -0.816. The monoisotopic (exact) mass is 401 g/mol. The van der Waals surface area contributed by atoms with Crippen molar-refractivity contribution in [3.63, 3.8) is 0 Å². The summed E-state index contributed by atoms with van der Waals surface area (Å²) in [6.45, 7) is 6.02. The minimum absolute atomic E-state index is 0.0957. The molecule has 1 aliphatic rings. The maximum absolute atomic E-state index is 13.1. The predicted molar refractivity (Wildman–Crippen MR) is 109 cm³/mol. The molecule has 150 valence electrons. The quantitative estimate of drug-likeness (QED) is 0.777. The predicted octanol–water partition coefficient (Wildman–Crippen LogP) is 3.45. The van der Waals surface area contributed by atoms with E-state index in [9.17, 15) is 13.2 Å². The molecule has 0 aliphatic heterocycles. The number of carboxylic acid groups (broad SMARTS) is 1. The van der Waals surface area contributed by atoms with Crippen LogP contribution in [0.5, 0.6) is 0 Å². The first-order valence-electron chi connectivity index (χ1n) is 9.50. The zero-order valence-electron chi connectivity index (χ0n) is 16.5. The minimum atomic E-state index is -3.63. The van der Waals surface area contributed by atoms with Gasteiger partial charge in [0, 0.05) is 12.5 Å². The molecule has 0 fully saturated rings. The SMILES string of the molecule is CC(C)(C)c1ccccc1S(=O)(=O)NC1Cc2ccc(CCC(=O)O)cc2C1. The van der Waals surface area contributed by atoms with Crippen LogP contribution in [0.3, 0.4) is 0 Å². The van der Waals surface area contributed by atoms with Crippen molar-refractivity contribution in [2.75, 3.05) is 0 Å². The van der Waals surface area contributed by atoms with Crippen LogP contribution in [-0.4, -0.2) is 25.5 Å². The molecule has 1 unspecified atom stereocenters. The first-order valence-corrected chi connectivity index (χ1v) is 11.0. The number of carboxylic acids is 1. The lowest BCUT2D eigenvalue weighted by Gasteiger charge is -2.23. The Kier molecular flexibility index (Phi) is 5.64. The second-order valence-electron chi connectivity index (χ2n) is 8.47. The Labute approximate surface area is 166 Å². The molecule has 28 heavy (non-hydrogen) atoms. The summed E-state index contributed by atoms with van der Waals surface area (Å²) in [5, 5.41) is 8.85. The van der Waals surface area contributed by atoms with Crippen molar-refractivity contribution in [3.8, 4) is 0 Å². The highest BCUT2D eigenvalue weighted by molar-refractivity contribution is 7.89. The van der Waals surface area contributed by atoms with Crippen molar-refractivity contribution in [1.29, 1.82) is 0 Å². The van der Waals surface area contributed by atoms with Crippen LogP contribution < -0.4 is 4.72 Å². The van der Waals surface area contributed by atoms with Gasteiger partial charge < -0.3 is 5.11 Å². The lowest BCUT2D eigenvalue weighted by molar-refractivity contribution is -0.136. The summed E-state index contributed by atoms with van der Waals surface area (Å²) in [5.41, 5.74) is 3.72. The Balaban J connectivity index is 1.77. The fourth-order valence-electron chi connectivity index (χ4n) is 3.77. The van der Waals surface area contributed by atoms with Gasteiger partial charge in [0.2, 0.25) is 10.0 Å². The van der Waals surface area contributed by atoms with Crippen molar-refractivity contribution >= 4 is 16.0 Å². The average Bonchev–Trinajstić information content (AvgIpc) is 2.99. The number of benzene rings is 2. The van der Waals surface area contributed by atoms with E-state index in [1.54, 1.807) is 12.1 Å². The summed E-state index contributed by atoms with van der Waals surface area (Å²) < 4.78 is 29.0. The highest BCUT2D eigenvalue weighted by atomic mass is 32.2. The second-order valence-corrected chi connectivity index (χ2v) is 10.2. The van der Waals surface area contributed by atoms with Gasteiger partial charge in [0.1, 0.15) is 0 Å². The van der Waals surface area contributed by atoms with Gasteiger partial charge in [-0.05, 0) is 53.0 Å². The molecule has 0 heterocycles. The fraction of sp³-hybridized carbons (Fsp3) is 0.409. The number of rotatable bonds is 6. The molecule has 6 heteroatoms. The van der Waals surface area contributed by atoms with Gasteiger partial charge in [-0.2, -0.15) is 0 Å². The topological polar surface area (TPSA) is 83.5 Å². The van der Waals surface area contributed by atoms with Crippen molar-refractivity contribution in [2.45, 2.75) is 62.8 Å². The molecule has 0 radical (unpaired) electrons. The Hall–Kier alpha value is -2.18. The molecule has 0 aromatic heterocycles. The Morgan fingerprint density at radius 1 is 1.11 bits per heavy atom. The van der Waals surface area contributed by atoms with Gasteiger partial charge in [-0.3, -0.25) is 4.79 Å². The van der Waals surface area contributed by atoms with Gasteiger partial charge in [-0.1, -0.05) is 57.2 Å². The molecule has 2 N–H and O–H groups in total. The van der Waals surface area contributed by atoms with Crippen molar-refractivity contribution < 1.29 is 18.3 Å². The van der Waals surface area contributed by atoms with Crippen LogP contribution in [-0.2, 0) is 39.5 Å². The van der Waals surface area contributed by atoms with Crippen molar-refractivity contribution in [2.24, 2.45) is 0 Å². The second kappa shape index (κ2) is 7.68. The third-order valence-electron chi connectivity index (χ3n) is 5.14. The fourth-order valence-corrected chi connectivity index (χ4v) is 5.42. The highest BCUT2D eigenvalue weighted by Gasteiger charge is 2.30. The minimum Gasteiger partial charge on any atom is -0.481 e. The van der Waals surface area contributed by atoms with Gasteiger partial charge in [-0.15, -0.1) is 0 Å². The molecule has 0 saturated carbocycles. The van der Waals surface area contributed by atoms with Crippen LogP contribution in [0.25, 0.3) is 0 Å². The zero-order valence-corrected chi connectivity index (χ0v) is 17.3. The maximum Gasteiger partial charge on any atom is 0.303 e. The van der Waals surface area contributed by atoms with E-state index in [1.165, 1.54) is 0 Å². The van der Waals surface area contributed by atoms with Crippen LogP contribution >= 0.6 is 0 Å². The van der Waals surface area contributed by atoms with E-state index < -0.39 is 16.0 Å². The number of hydrogen-bond donors (Lipinski definition) is 2. The summed E-state index contributed by atoms with van der Waals surface area (Å²) in [4.78, 5) is 11.1. The van der Waals surface area contributed by atoms with E-state index in [2.05, 4.69) is 4.72 Å². The molecular weight excluding hydrogens is 374 g/mol. The van der Waals surface area contributed by atoms with E-state index in [4.69, 9.17) is 5.11 Å². The van der Waals surface area contributed by atoms with Crippen LogP contribution in [0, 0.1) is 0 Å². The molecule has 2 aromatic rings. The highest BCUT2D eigenvalue weighted by Crippen LogP contribution is 2.30. The van der Waals surface area contributed by atoms with Crippen molar-refractivity contribution in [3.05, 3.63) is 64.7 Å². The maximum atomic E-state index is 13.1. The molecule has 0 bridgehead atoms. The third kappa shape index (κ3) is 4.62. The van der Waals surface area contributed by atoms with E-state index in [0.717, 1.165) is 22.3 Å². The van der Waals surface area contributed by atoms with Crippen LogP contribution in [0.2, 0.25) is 0 Å². The van der Waals surface area contributed by atoms with Gasteiger partial charge >= 0.3 is 5.97 Å². The van der Waals surface area contributed by atoms with Crippen LogP contribution in [0.15, 0.2) is 47.4 Å². The van der Waals surface area contributed by atoms with E-state index in [0.29, 0.717) is 24.2 Å². The molecule has 1 atom stereocenters. The zero-order chi connectivity index (χ0) is 20.5. The molecule has 5 nitrogen and oxygen atoms in total. The number of nitrogens with one attached hydrogen (secondary N) is 1. The molecule has 2 aromatic carbocycles. The molecule has 0 saturated heterocycles. The number of carbonyl (C=O) groups is 1. The molecule has 3 rings (SSSR count). The van der Waals surface area contributed by atoms with Crippen molar-refractivity contribution in [1.82, 2.24) is 4.72 Å². The Morgan fingerprint density at radius 2 is 1.79 bits per heavy atom. The molecule has 1 aliphatic carbocycles. The van der Waals surface area contributed by atoms with Gasteiger partial charge in [0.05, 0.1) is 4.90 Å². The van der Waals surface area contributed by atoms with E-state index in [1.807, 2.05) is 51.1 Å². The largest absolute Gasteiger partial charge is 0.481 e. The number of hydrogen-bond acceptors (Lipinski definition) is 3. The Morgan fingerprint density at radius 3 is 2.46 bits per heavy atom. The lowest BCUT2D eigenvalue weighted by atomic mass is 9.87. The summed E-state index contributed by atoms with van der Waals surface area (Å²) in [6, 6.07) is 12.9. The lowest BCUT2D eigenvalue weighted by Crippen LogP contribution is -2.36. The van der Waals surface area contributed by atoms with Crippen LogP contribution in [0.1, 0.15) is 49.4 Å². The summed E-state index contributed by atoms with van der Waals surface area (Å²) in [6.07, 6.45) is 1.84. The molecular formula is C22H27NO4S. The van der Waals surface area contributed by atoms with E-state index in [-0.39, 0.29) is 17.9 Å². The first-order chi connectivity index (χ1) is 13.1. The number of sulfonamides is 1. The Bertz CT molecular complexity index is 990. The average molecular weight is 402 g/mol. The summed E-state index contributed by atoms with van der Waals surface area (Å²) in [7, 11) is -3.63. The number of aryl methyl sites for hydroxylation is 1. The summed E-state index contributed by atoms with van der Waals surface area (Å²) >= 11 is 0. The van der Waals surface area contributed by atoms with Gasteiger partial charge in [0.25, 0.3) is 0 Å². The molecule has 0 spiro atoms. The van der Waals surface area contributed by atoms with E-state index >= 15 is 0 Å². The third-order valence-corrected chi connectivity index (χ3v) is 6.72. The van der Waals surface area contributed by atoms with Gasteiger partial charge in [0.15, 0.2) is 0 Å².